The number of nitro groups is 1. The van der Waals surface area contributed by atoms with Crippen molar-refractivity contribution in [3.8, 4) is 0 Å². The van der Waals surface area contributed by atoms with Crippen LogP contribution in [0.2, 0.25) is 5.02 Å². The Kier molecular flexibility index (Phi) is 3.99. The van der Waals surface area contributed by atoms with Gasteiger partial charge in [-0.25, -0.2) is 0 Å². The summed E-state index contributed by atoms with van der Waals surface area (Å²) in [6, 6.07) is 6.19. The molecule has 0 aliphatic rings. The molecule has 1 unspecified atom stereocenters. The molecule has 1 atom stereocenters. The summed E-state index contributed by atoms with van der Waals surface area (Å²) in [4.78, 5) is 24.0. The first-order valence-electron chi connectivity index (χ1n) is 3.99. The molecule has 1 aromatic rings. The van der Waals surface area contributed by atoms with Gasteiger partial charge in [-0.05, 0) is 12.1 Å². The Balaban J connectivity index is 2.83. The summed E-state index contributed by atoms with van der Waals surface area (Å²) in [5.74, 6) is 0. The van der Waals surface area contributed by atoms with Crippen LogP contribution in [0.3, 0.4) is 0 Å². The molecule has 0 N–H and O–H groups in total. The van der Waals surface area contributed by atoms with E-state index in [2.05, 4.69) is 10.2 Å². The van der Waals surface area contributed by atoms with Crippen molar-refractivity contribution in [2.75, 3.05) is 6.54 Å². The first-order valence-corrected chi connectivity index (χ1v) is 4.37. The van der Waals surface area contributed by atoms with Crippen LogP contribution in [0.25, 0.3) is 0 Å². The Morgan fingerprint density at radius 2 is 2.07 bits per heavy atom. The summed E-state index contributed by atoms with van der Waals surface area (Å²) in [5.41, 5.74) is 0.482. The fraction of sp³-hybridized carbons (Fsp3) is 0.250. The Morgan fingerprint density at radius 3 is 2.53 bits per heavy atom. The second kappa shape index (κ2) is 5.26. The van der Waals surface area contributed by atoms with E-state index in [0.29, 0.717) is 10.6 Å². The molecule has 1 aromatic carbocycles. The molecule has 15 heavy (non-hydrogen) atoms. The maximum atomic E-state index is 10.3. The standard InChI is InChI=1S/C8H7ClN2O4/c9-7-3-1-6(2-4-7)8(15-10-12)5-11(13)14/h1-4,8H,5H2. The van der Waals surface area contributed by atoms with Crippen LogP contribution in [0.5, 0.6) is 0 Å². The zero-order valence-electron chi connectivity index (χ0n) is 7.50. The van der Waals surface area contributed by atoms with Gasteiger partial charge in [0.15, 0.2) is 5.34 Å². The third-order valence-electron chi connectivity index (χ3n) is 1.73. The molecular formula is C8H7ClN2O4. The van der Waals surface area contributed by atoms with E-state index >= 15 is 0 Å². The van der Waals surface area contributed by atoms with Gasteiger partial charge in [0.2, 0.25) is 12.6 Å². The Bertz CT molecular complexity index is 354. The van der Waals surface area contributed by atoms with Crippen LogP contribution in [0.4, 0.5) is 0 Å². The number of hydrogen-bond acceptors (Lipinski definition) is 5. The fourth-order valence-electron chi connectivity index (χ4n) is 1.06. The van der Waals surface area contributed by atoms with Gasteiger partial charge in [-0.15, -0.1) is 4.91 Å². The third kappa shape index (κ3) is 3.51. The summed E-state index contributed by atoms with van der Waals surface area (Å²) >= 11 is 5.64. The Morgan fingerprint density at radius 1 is 1.47 bits per heavy atom. The zero-order valence-corrected chi connectivity index (χ0v) is 8.26. The summed E-state index contributed by atoms with van der Waals surface area (Å²) in [6.45, 7) is -0.520. The van der Waals surface area contributed by atoms with Crippen molar-refractivity contribution in [2.45, 2.75) is 6.10 Å². The van der Waals surface area contributed by atoms with Crippen LogP contribution in [0, 0.1) is 15.0 Å². The normalized spacial score (nSPS) is 11.8. The summed E-state index contributed by atoms with van der Waals surface area (Å²) in [5, 5.41) is 13.0. The highest BCUT2D eigenvalue weighted by molar-refractivity contribution is 6.30. The van der Waals surface area contributed by atoms with Crippen molar-refractivity contribution in [1.82, 2.24) is 0 Å². The Labute approximate surface area is 89.9 Å². The molecule has 0 aromatic heterocycles. The highest BCUT2D eigenvalue weighted by Crippen LogP contribution is 2.20. The van der Waals surface area contributed by atoms with Gasteiger partial charge >= 0.3 is 0 Å². The van der Waals surface area contributed by atoms with Crippen molar-refractivity contribution in [3.63, 3.8) is 0 Å². The SMILES string of the molecule is O=NOC(C[N+](=O)[O-])c1ccc(Cl)cc1. The van der Waals surface area contributed by atoms with Gasteiger partial charge in [0.25, 0.3) is 0 Å². The van der Waals surface area contributed by atoms with Crippen molar-refractivity contribution in [3.05, 3.63) is 49.9 Å². The largest absolute Gasteiger partial charge is 0.349 e. The molecule has 0 saturated carbocycles. The van der Waals surface area contributed by atoms with Gasteiger partial charge in [0.05, 0.1) is 0 Å². The minimum absolute atomic E-state index is 0.482. The van der Waals surface area contributed by atoms with Gasteiger partial charge in [-0.2, -0.15) is 0 Å². The van der Waals surface area contributed by atoms with Gasteiger partial charge < -0.3 is 4.84 Å². The van der Waals surface area contributed by atoms with Gasteiger partial charge in [-0.1, -0.05) is 23.7 Å². The highest BCUT2D eigenvalue weighted by Gasteiger charge is 2.20. The predicted octanol–water partition coefficient (Wildman–Crippen LogP) is 2.36. The second-order valence-electron chi connectivity index (χ2n) is 2.74. The molecule has 0 fully saturated rings. The third-order valence-corrected chi connectivity index (χ3v) is 1.98. The van der Waals surface area contributed by atoms with Crippen LogP contribution in [0.15, 0.2) is 29.6 Å². The Hall–Kier alpha value is -1.69. The van der Waals surface area contributed by atoms with E-state index in [1.165, 1.54) is 0 Å². The predicted molar refractivity (Wildman–Crippen MR) is 52.9 cm³/mol. The van der Waals surface area contributed by atoms with E-state index < -0.39 is 17.6 Å². The molecule has 1 rings (SSSR count). The van der Waals surface area contributed by atoms with Crippen LogP contribution in [0.1, 0.15) is 11.7 Å². The fourth-order valence-corrected chi connectivity index (χ4v) is 1.19. The van der Waals surface area contributed by atoms with Crippen LogP contribution in [-0.4, -0.2) is 11.5 Å². The molecule has 0 spiro atoms. The molecule has 0 heterocycles. The first-order chi connectivity index (χ1) is 7.13. The monoisotopic (exact) mass is 230 g/mol. The maximum absolute atomic E-state index is 10.3. The number of halogens is 1. The number of hydrogen-bond donors (Lipinski definition) is 0. The number of nitrogens with zero attached hydrogens (tertiary/aromatic N) is 2. The minimum Gasteiger partial charge on any atom is -0.349 e. The lowest BCUT2D eigenvalue weighted by Gasteiger charge is -2.08. The van der Waals surface area contributed by atoms with E-state index in [0.717, 1.165) is 0 Å². The summed E-state index contributed by atoms with van der Waals surface area (Å²) in [7, 11) is 0. The average molecular weight is 231 g/mol. The zero-order chi connectivity index (χ0) is 11.3. The van der Waals surface area contributed by atoms with E-state index in [1.807, 2.05) is 0 Å². The molecule has 0 aliphatic heterocycles. The van der Waals surface area contributed by atoms with E-state index in [1.54, 1.807) is 24.3 Å². The van der Waals surface area contributed by atoms with Crippen molar-refractivity contribution in [2.24, 2.45) is 5.34 Å². The van der Waals surface area contributed by atoms with E-state index in [4.69, 9.17) is 11.6 Å². The van der Waals surface area contributed by atoms with Gasteiger partial charge in [-0.3, -0.25) is 10.1 Å². The van der Waals surface area contributed by atoms with E-state index in [-0.39, 0.29) is 0 Å². The number of rotatable bonds is 5. The molecule has 0 bridgehead atoms. The molecule has 0 amide bonds. The topological polar surface area (TPSA) is 81.8 Å². The van der Waals surface area contributed by atoms with Crippen molar-refractivity contribution >= 4 is 11.6 Å². The molecule has 7 heteroatoms. The van der Waals surface area contributed by atoms with Crippen LogP contribution < -0.4 is 0 Å². The molecule has 0 saturated heterocycles. The van der Waals surface area contributed by atoms with Crippen LogP contribution in [-0.2, 0) is 4.84 Å². The van der Waals surface area contributed by atoms with Crippen molar-refractivity contribution in [1.29, 1.82) is 0 Å². The lowest BCUT2D eigenvalue weighted by Crippen LogP contribution is -2.13. The average Bonchev–Trinajstić information content (AvgIpc) is 2.17. The van der Waals surface area contributed by atoms with Gasteiger partial charge in [0, 0.05) is 15.5 Å². The lowest BCUT2D eigenvalue weighted by molar-refractivity contribution is -0.493. The summed E-state index contributed by atoms with van der Waals surface area (Å²) in [6.07, 6.45) is -0.977. The lowest BCUT2D eigenvalue weighted by atomic mass is 10.1. The number of benzene rings is 1. The van der Waals surface area contributed by atoms with E-state index in [9.17, 15) is 15.0 Å². The molecular weight excluding hydrogens is 224 g/mol. The highest BCUT2D eigenvalue weighted by atomic mass is 35.5. The molecule has 80 valence electrons. The first kappa shape index (κ1) is 11.4. The quantitative estimate of drug-likeness (QED) is 0.442. The van der Waals surface area contributed by atoms with Crippen molar-refractivity contribution < 1.29 is 9.76 Å². The smallest absolute Gasteiger partial charge is 0.247 e. The molecule has 6 nitrogen and oxygen atoms in total. The summed E-state index contributed by atoms with van der Waals surface area (Å²) < 4.78 is 0. The second-order valence-corrected chi connectivity index (χ2v) is 3.17. The minimum atomic E-state index is -0.977. The molecule has 0 aliphatic carbocycles. The van der Waals surface area contributed by atoms with Gasteiger partial charge in [0.1, 0.15) is 0 Å². The maximum Gasteiger partial charge on any atom is 0.247 e. The van der Waals surface area contributed by atoms with Crippen LogP contribution >= 0.6 is 11.6 Å². The molecule has 0 radical (unpaired) electrons.